The molecule has 7 rings (SSSR count). The molecule has 0 nitrogen and oxygen atoms in total. The molecule has 198 valence electrons. The van der Waals surface area contributed by atoms with Gasteiger partial charge >= 0.3 is 0 Å². The van der Waals surface area contributed by atoms with E-state index in [0.29, 0.717) is 16.6 Å². The molecule has 40 heavy (non-hydrogen) atoms. The Morgan fingerprint density at radius 1 is 0.550 bits per heavy atom. The molecule has 0 fully saturated rings. The molecule has 0 saturated heterocycles. The molecule has 4 heteroatoms. The zero-order valence-electron chi connectivity index (χ0n) is 24.1. The second-order valence-corrected chi connectivity index (χ2v) is 20.5. The van der Waals surface area contributed by atoms with Gasteiger partial charge in [0.1, 0.15) is 8.07 Å². The molecule has 0 bridgehead atoms. The van der Waals surface area contributed by atoms with E-state index in [1.165, 1.54) is 72.4 Å². The quantitative estimate of drug-likeness (QED) is 0.145. The number of hydrogen-bond donors (Lipinski definition) is 0. The second-order valence-electron chi connectivity index (χ2n) is 11.9. The summed E-state index contributed by atoms with van der Waals surface area (Å²) in [5.41, 5.74) is 16.5. The first-order chi connectivity index (χ1) is 19.3. The maximum atomic E-state index is 4.04. The van der Waals surface area contributed by atoms with Crippen molar-refractivity contribution in [2.45, 2.75) is 65.1 Å². The Morgan fingerprint density at radius 3 is 1.40 bits per heavy atom. The van der Waals surface area contributed by atoms with E-state index in [4.69, 9.17) is 0 Å². The van der Waals surface area contributed by atoms with Crippen LogP contribution >= 0.6 is 34.0 Å². The van der Waals surface area contributed by atoms with E-state index >= 15 is 0 Å². The Balaban J connectivity index is 1.54. The molecule has 3 heterocycles. The summed E-state index contributed by atoms with van der Waals surface area (Å²) in [6, 6.07) is 17.8. The summed E-state index contributed by atoms with van der Waals surface area (Å²) >= 11 is 5.89. The number of fused-ring (bicyclic) bond motifs is 11. The summed E-state index contributed by atoms with van der Waals surface area (Å²) in [4.78, 5) is 0. The summed E-state index contributed by atoms with van der Waals surface area (Å²) in [6.07, 6.45) is 0. The van der Waals surface area contributed by atoms with Crippen LogP contribution in [0.1, 0.15) is 59.6 Å². The average Bonchev–Trinajstić information content (AvgIpc) is 3.68. The highest BCUT2D eigenvalue weighted by Gasteiger charge is 2.42. The highest BCUT2D eigenvalue weighted by atomic mass is 32.1. The Kier molecular flexibility index (Phi) is 6.08. The zero-order valence-corrected chi connectivity index (χ0v) is 27.5. The van der Waals surface area contributed by atoms with Gasteiger partial charge in [-0.05, 0) is 45.8 Å². The maximum Gasteiger partial charge on any atom is 0.146 e. The summed E-state index contributed by atoms with van der Waals surface area (Å²) in [6.45, 7) is 16.4. The molecular weight excluding hydrogens is 557 g/mol. The van der Waals surface area contributed by atoms with Crippen molar-refractivity contribution in [1.82, 2.24) is 0 Å². The molecule has 0 unspecified atom stereocenters. The third-order valence-electron chi connectivity index (χ3n) is 9.04. The molecule has 0 spiro atoms. The second kappa shape index (κ2) is 9.33. The third kappa shape index (κ3) is 3.38. The molecular formula is C36H32S3Si. The molecule has 3 aromatic heterocycles. The predicted molar refractivity (Wildman–Crippen MR) is 183 cm³/mol. The fourth-order valence-corrected chi connectivity index (χ4v) is 17.1. The fraction of sp³-hybridized carbons (Fsp3) is 0.278. The van der Waals surface area contributed by atoms with Gasteiger partial charge in [-0.3, -0.25) is 0 Å². The van der Waals surface area contributed by atoms with Crippen LogP contribution in [-0.4, -0.2) is 8.07 Å². The highest BCUT2D eigenvalue weighted by Crippen LogP contribution is 2.51. The minimum Gasteiger partial charge on any atom is -0.132 e. The Hall–Kier alpha value is -2.86. The summed E-state index contributed by atoms with van der Waals surface area (Å²) in [7, 11) is -1.84. The van der Waals surface area contributed by atoms with Crippen molar-refractivity contribution in [2.75, 3.05) is 0 Å². The molecule has 2 aliphatic rings. The molecule has 5 aromatic rings. The van der Waals surface area contributed by atoms with Crippen molar-refractivity contribution >= 4 is 72.0 Å². The smallest absolute Gasteiger partial charge is 0.132 e. The predicted octanol–water partition coefficient (Wildman–Crippen LogP) is 9.78. The van der Waals surface area contributed by atoms with Crippen LogP contribution in [0.15, 0.2) is 48.5 Å². The van der Waals surface area contributed by atoms with Gasteiger partial charge in [-0.25, -0.2) is 0 Å². The number of hydrogen-bond acceptors (Lipinski definition) is 3. The van der Waals surface area contributed by atoms with Crippen LogP contribution in [0.2, 0.25) is 16.6 Å². The van der Waals surface area contributed by atoms with E-state index < -0.39 is 8.07 Å². The van der Waals surface area contributed by atoms with Crippen molar-refractivity contribution in [3.8, 4) is 45.6 Å². The van der Waals surface area contributed by atoms with Crippen molar-refractivity contribution in [3.63, 3.8) is 0 Å². The Labute approximate surface area is 250 Å². The highest BCUT2D eigenvalue weighted by molar-refractivity contribution is 7.39. The van der Waals surface area contributed by atoms with Gasteiger partial charge in [0.2, 0.25) is 0 Å². The lowest BCUT2D eigenvalue weighted by atomic mass is 10.0. The van der Waals surface area contributed by atoms with E-state index in [1.54, 1.807) is 0 Å². The molecule has 0 amide bonds. The molecule has 0 N–H and O–H groups in total. The van der Waals surface area contributed by atoms with E-state index in [1.807, 2.05) is 40.9 Å². The van der Waals surface area contributed by atoms with E-state index in [2.05, 4.69) is 113 Å². The standard InChI is InChI=1S/C36H32S3Si/c1-8-13-27-23-14-9-11-16-25(23)29-31(27)37-35-33(29)39-34-30-26-17-12-10-15-24(26)28(32(30)38-36(34)35)18-19-40(20(2)3,21(4)5)22(6)7/h9-12,14-17,20-22H,1-7H3. The van der Waals surface area contributed by atoms with Crippen molar-refractivity contribution in [2.24, 2.45) is 0 Å². The monoisotopic (exact) mass is 588 g/mol. The fourth-order valence-electron chi connectivity index (χ4n) is 7.33. The SMILES string of the molecule is CC#CC1=c2sc3c(sc4c5c(sc43)=C(C#C[Si](C(C)C)(C(C)C)C(C)C)c3ccccc3-5)c2-c2ccccc21. The van der Waals surface area contributed by atoms with Gasteiger partial charge in [0, 0.05) is 16.7 Å². The normalized spacial score (nSPS) is 13.6. The lowest BCUT2D eigenvalue weighted by Crippen LogP contribution is -2.43. The molecule has 0 saturated carbocycles. The topological polar surface area (TPSA) is 0 Å². The van der Waals surface area contributed by atoms with Gasteiger partial charge in [-0.1, -0.05) is 102 Å². The molecule has 0 aliphatic heterocycles. The third-order valence-corrected chi connectivity index (χ3v) is 19.4. The van der Waals surface area contributed by atoms with Crippen molar-refractivity contribution in [3.05, 3.63) is 68.7 Å². The zero-order chi connectivity index (χ0) is 27.9. The lowest BCUT2D eigenvalue weighted by molar-refractivity contribution is 0.838. The molecule has 2 aromatic carbocycles. The minimum absolute atomic E-state index is 0.621. The first kappa shape index (κ1) is 26.1. The van der Waals surface area contributed by atoms with Crippen LogP contribution in [0, 0.1) is 23.3 Å². The van der Waals surface area contributed by atoms with Gasteiger partial charge in [0.05, 0.1) is 33.4 Å². The number of thiophene rings is 3. The van der Waals surface area contributed by atoms with Crippen LogP contribution < -0.4 is 9.06 Å². The Morgan fingerprint density at radius 2 is 0.975 bits per heavy atom. The number of benzene rings is 2. The molecule has 0 atom stereocenters. The van der Waals surface area contributed by atoms with Crippen LogP contribution in [0.3, 0.4) is 0 Å². The van der Waals surface area contributed by atoms with Crippen LogP contribution in [-0.2, 0) is 0 Å². The van der Waals surface area contributed by atoms with Gasteiger partial charge < -0.3 is 0 Å². The van der Waals surface area contributed by atoms with Gasteiger partial charge in [-0.2, -0.15) is 0 Å². The van der Waals surface area contributed by atoms with Gasteiger partial charge in [0.25, 0.3) is 0 Å². The van der Waals surface area contributed by atoms with Gasteiger partial charge in [-0.15, -0.1) is 45.5 Å². The lowest BCUT2D eigenvalue weighted by Gasteiger charge is -2.38. The van der Waals surface area contributed by atoms with Crippen molar-refractivity contribution in [1.29, 1.82) is 0 Å². The minimum atomic E-state index is -1.84. The molecule has 2 aliphatic carbocycles. The van der Waals surface area contributed by atoms with Gasteiger partial charge in [0.15, 0.2) is 0 Å². The summed E-state index contributed by atoms with van der Waals surface area (Å²) < 4.78 is 8.43. The largest absolute Gasteiger partial charge is 0.146 e. The van der Waals surface area contributed by atoms with Crippen LogP contribution in [0.5, 0.6) is 0 Å². The van der Waals surface area contributed by atoms with Crippen LogP contribution in [0.4, 0.5) is 0 Å². The molecule has 0 radical (unpaired) electrons. The van der Waals surface area contributed by atoms with E-state index in [-0.39, 0.29) is 0 Å². The maximum absolute atomic E-state index is 4.04. The average molecular weight is 589 g/mol. The number of rotatable bonds is 3. The summed E-state index contributed by atoms with van der Waals surface area (Å²) in [5.74, 6) is 10.5. The van der Waals surface area contributed by atoms with E-state index in [9.17, 15) is 0 Å². The summed E-state index contributed by atoms with van der Waals surface area (Å²) in [5, 5.41) is 0. The first-order valence-electron chi connectivity index (χ1n) is 14.2. The first-order valence-corrected chi connectivity index (χ1v) is 18.9. The van der Waals surface area contributed by atoms with Crippen molar-refractivity contribution < 1.29 is 0 Å². The van der Waals surface area contributed by atoms with Crippen LogP contribution in [0.25, 0.3) is 52.2 Å². The Bertz CT molecular complexity index is 2100. The van der Waals surface area contributed by atoms with E-state index in [0.717, 1.165) is 0 Å².